The molecule has 0 aliphatic carbocycles. The van der Waals surface area contributed by atoms with Gasteiger partial charge in [-0.15, -0.1) is 11.3 Å². The minimum Gasteiger partial charge on any atom is -0.391 e. The van der Waals surface area contributed by atoms with Crippen LogP contribution in [0.2, 0.25) is 0 Å². The molecule has 2 aromatic heterocycles. The second-order valence-corrected chi connectivity index (χ2v) is 4.12. The number of aliphatic hydroxyl groups excluding tert-OH is 1. The Kier molecular flexibility index (Phi) is 2.56. The van der Waals surface area contributed by atoms with Gasteiger partial charge in [-0.1, -0.05) is 0 Å². The lowest BCUT2D eigenvalue weighted by molar-refractivity contribution is 0.285. The summed E-state index contributed by atoms with van der Waals surface area (Å²) in [6.07, 6.45) is 3.45. The van der Waals surface area contributed by atoms with Crippen molar-refractivity contribution in [1.29, 1.82) is 0 Å². The van der Waals surface area contributed by atoms with E-state index in [1.54, 1.807) is 12.4 Å². The van der Waals surface area contributed by atoms with E-state index in [-0.39, 0.29) is 6.61 Å². The number of pyridine rings is 1. The molecule has 0 spiro atoms. The summed E-state index contributed by atoms with van der Waals surface area (Å²) in [6, 6.07) is 3.93. The maximum absolute atomic E-state index is 8.90. The van der Waals surface area contributed by atoms with Gasteiger partial charge in [0.15, 0.2) is 0 Å². The van der Waals surface area contributed by atoms with Crippen molar-refractivity contribution in [3.63, 3.8) is 0 Å². The van der Waals surface area contributed by atoms with Crippen LogP contribution in [0.3, 0.4) is 0 Å². The molecule has 3 nitrogen and oxygen atoms in total. The molecular formula is C10H10N2OS. The highest BCUT2D eigenvalue weighted by atomic mass is 32.1. The van der Waals surface area contributed by atoms with E-state index < -0.39 is 0 Å². The summed E-state index contributed by atoms with van der Waals surface area (Å²) in [7, 11) is 0. The Morgan fingerprint density at radius 2 is 2.29 bits per heavy atom. The molecule has 0 bridgehead atoms. The van der Waals surface area contributed by atoms with Gasteiger partial charge in [-0.05, 0) is 24.6 Å². The van der Waals surface area contributed by atoms with Gasteiger partial charge in [0, 0.05) is 12.4 Å². The molecule has 72 valence electrons. The standard InChI is InChI=1S/C10H10N2OS/c1-7-2-3-11-9(4-7)10-12-5-8(6-13)14-10/h2-5,13H,6H2,1H3. The third-order valence-corrected chi connectivity index (χ3v) is 2.85. The SMILES string of the molecule is Cc1ccnc(-c2ncc(CO)s2)c1. The summed E-state index contributed by atoms with van der Waals surface area (Å²) in [5.74, 6) is 0. The molecule has 14 heavy (non-hydrogen) atoms. The van der Waals surface area contributed by atoms with Crippen LogP contribution in [0.1, 0.15) is 10.4 Å². The number of aliphatic hydroxyl groups is 1. The first-order valence-electron chi connectivity index (χ1n) is 4.28. The van der Waals surface area contributed by atoms with Crippen molar-refractivity contribution in [3.8, 4) is 10.7 Å². The Hall–Kier alpha value is -1.26. The molecule has 0 saturated heterocycles. The van der Waals surface area contributed by atoms with E-state index in [0.29, 0.717) is 0 Å². The molecule has 0 atom stereocenters. The zero-order chi connectivity index (χ0) is 9.97. The molecule has 2 aromatic rings. The maximum Gasteiger partial charge on any atom is 0.142 e. The molecule has 2 rings (SSSR count). The highest BCUT2D eigenvalue weighted by Gasteiger charge is 2.04. The van der Waals surface area contributed by atoms with E-state index in [0.717, 1.165) is 21.1 Å². The first-order chi connectivity index (χ1) is 6.79. The first-order valence-corrected chi connectivity index (χ1v) is 5.10. The Labute approximate surface area is 86.1 Å². The summed E-state index contributed by atoms with van der Waals surface area (Å²) in [5, 5.41) is 9.76. The molecule has 0 unspecified atom stereocenters. The number of hydrogen-bond acceptors (Lipinski definition) is 4. The van der Waals surface area contributed by atoms with Gasteiger partial charge in [-0.25, -0.2) is 4.98 Å². The molecule has 2 heterocycles. The van der Waals surface area contributed by atoms with Crippen molar-refractivity contribution in [3.05, 3.63) is 35.0 Å². The molecule has 4 heteroatoms. The smallest absolute Gasteiger partial charge is 0.142 e. The third kappa shape index (κ3) is 1.81. The van der Waals surface area contributed by atoms with Gasteiger partial charge in [0.25, 0.3) is 0 Å². The van der Waals surface area contributed by atoms with E-state index in [1.807, 2.05) is 19.1 Å². The van der Waals surface area contributed by atoms with Crippen LogP contribution < -0.4 is 0 Å². The van der Waals surface area contributed by atoms with Crippen LogP contribution in [-0.2, 0) is 6.61 Å². The zero-order valence-corrected chi connectivity index (χ0v) is 8.58. The quantitative estimate of drug-likeness (QED) is 0.817. The van der Waals surface area contributed by atoms with Gasteiger partial charge in [0.05, 0.1) is 17.2 Å². The minimum absolute atomic E-state index is 0.0451. The second kappa shape index (κ2) is 3.86. The van der Waals surface area contributed by atoms with Gasteiger partial charge in [0.2, 0.25) is 0 Å². The van der Waals surface area contributed by atoms with Gasteiger partial charge >= 0.3 is 0 Å². The van der Waals surface area contributed by atoms with E-state index in [1.165, 1.54) is 11.3 Å². The molecule has 1 N–H and O–H groups in total. The lowest BCUT2D eigenvalue weighted by atomic mass is 10.2. The van der Waals surface area contributed by atoms with Crippen molar-refractivity contribution >= 4 is 11.3 Å². The average molecular weight is 206 g/mol. The van der Waals surface area contributed by atoms with Crippen LogP contribution >= 0.6 is 11.3 Å². The van der Waals surface area contributed by atoms with Crippen LogP contribution in [0, 0.1) is 6.92 Å². The average Bonchev–Trinajstić information content (AvgIpc) is 2.66. The third-order valence-electron chi connectivity index (χ3n) is 1.84. The predicted octanol–water partition coefficient (Wildman–Crippen LogP) is 2.01. The fraction of sp³-hybridized carbons (Fsp3) is 0.200. The monoisotopic (exact) mass is 206 g/mol. The summed E-state index contributed by atoms with van der Waals surface area (Å²) in [5.41, 5.74) is 2.03. The van der Waals surface area contributed by atoms with Crippen molar-refractivity contribution in [1.82, 2.24) is 9.97 Å². The molecule has 0 amide bonds. The maximum atomic E-state index is 8.90. The summed E-state index contributed by atoms with van der Waals surface area (Å²) < 4.78 is 0. The number of aromatic nitrogens is 2. The largest absolute Gasteiger partial charge is 0.391 e. The fourth-order valence-electron chi connectivity index (χ4n) is 1.15. The number of nitrogens with zero attached hydrogens (tertiary/aromatic N) is 2. The summed E-state index contributed by atoms with van der Waals surface area (Å²) in [6.45, 7) is 2.06. The van der Waals surface area contributed by atoms with Gasteiger partial charge in [-0.2, -0.15) is 0 Å². The van der Waals surface area contributed by atoms with Crippen LogP contribution in [-0.4, -0.2) is 15.1 Å². The fourth-order valence-corrected chi connectivity index (χ4v) is 1.89. The summed E-state index contributed by atoms with van der Waals surface area (Å²) in [4.78, 5) is 9.28. The Morgan fingerprint density at radius 1 is 1.43 bits per heavy atom. The van der Waals surface area contributed by atoms with Gasteiger partial charge < -0.3 is 5.11 Å². The van der Waals surface area contributed by atoms with Crippen LogP contribution in [0.5, 0.6) is 0 Å². The van der Waals surface area contributed by atoms with Crippen molar-refractivity contribution in [2.24, 2.45) is 0 Å². The topological polar surface area (TPSA) is 46.0 Å². The molecule has 0 fully saturated rings. The van der Waals surface area contributed by atoms with Crippen LogP contribution in [0.4, 0.5) is 0 Å². The predicted molar refractivity (Wildman–Crippen MR) is 56.0 cm³/mol. The second-order valence-electron chi connectivity index (χ2n) is 3.01. The number of hydrogen-bond donors (Lipinski definition) is 1. The van der Waals surface area contributed by atoms with Gasteiger partial charge in [0.1, 0.15) is 5.01 Å². The first kappa shape index (κ1) is 9.30. The molecule has 0 aliphatic heterocycles. The van der Waals surface area contributed by atoms with E-state index in [2.05, 4.69) is 9.97 Å². The lowest BCUT2D eigenvalue weighted by Crippen LogP contribution is -1.82. The molecule has 0 saturated carbocycles. The Morgan fingerprint density at radius 3 is 2.93 bits per heavy atom. The summed E-state index contributed by atoms with van der Waals surface area (Å²) >= 11 is 1.47. The van der Waals surface area contributed by atoms with Crippen LogP contribution in [0.15, 0.2) is 24.5 Å². The van der Waals surface area contributed by atoms with Crippen molar-refractivity contribution in [2.75, 3.05) is 0 Å². The van der Waals surface area contributed by atoms with E-state index in [9.17, 15) is 0 Å². The molecule has 0 aromatic carbocycles. The number of rotatable bonds is 2. The van der Waals surface area contributed by atoms with Crippen LogP contribution in [0.25, 0.3) is 10.7 Å². The zero-order valence-electron chi connectivity index (χ0n) is 7.77. The number of aryl methyl sites for hydroxylation is 1. The minimum atomic E-state index is 0.0451. The Balaban J connectivity index is 2.39. The normalized spacial score (nSPS) is 10.4. The lowest BCUT2D eigenvalue weighted by Gasteiger charge is -1.95. The van der Waals surface area contributed by atoms with Crippen molar-refractivity contribution < 1.29 is 5.11 Å². The highest BCUT2D eigenvalue weighted by Crippen LogP contribution is 2.23. The highest BCUT2D eigenvalue weighted by molar-refractivity contribution is 7.14. The number of thiazole rings is 1. The Bertz CT molecular complexity index is 439. The molecule has 0 radical (unpaired) electrons. The molecule has 0 aliphatic rings. The molecular weight excluding hydrogens is 196 g/mol. The van der Waals surface area contributed by atoms with E-state index in [4.69, 9.17) is 5.11 Å². The van der Waals surface area contributed by atoms with Crippen molar-refractivity contribution in [2.45, 2.75) is 13.5 Å². The van der Waals surface area contributed by atoms with E-state index >= 15 is 0 Å². The van der Waals surface area contributed by atoms with Gasteiger partial charge in [-0.3, -0.25) is 4.98 Å².